The van der Waals surface area contributed by atoms with Gasteiger partial charge in [-0.05, 0) is 30.3 Å². The Morgan fingerprint density at radius 2 is 2.04 bits per heavy atom. The summed E-state index contributed by atoms with van der Waals surface area (Å²) in [6.45, 7) is -0.0516. The molecule has 8 heteroatoms. The van der Waals surface area contributed by atoms with E-state index in [4.69, 9.17) is 0 Å². The summed E-state index contributed by atoms with van der Waals surface area (Å²) in [7, 11) is 0. The molecule has 0 saturated carbocycles. The molecule has 0 aliphatic rings. The molecule has 1 amide bonds. The van der Waals surface area contributed by atoms with Gasteiger partial charge in [0.25, 0.3) is 5.56 Å². The average molecular weight is 434 g/mol. The van der Waals surface area contributed by atoms with Gasteiger partial charge in [-0.25, -0.2) is 4.98 Å². The van der Waals surface area contributed by atoms with Crippen molar-refractivity contribution in [3.63, 3.8) is 0 Å². The van der Waals surface area contributed by atoms with E-state index in [0.717, 1.165) is 16.2 Å². The minimum absolute atomic E-state index is 0.0999. The van der Waals surface area contributed by atoms with Crippen molar-refractivity contribution in [1.82, 2.24) is 9.55 Å². The first-order valence-corrected chi connectivity index (χ1v) is 9.65. The Labute approximate surface area is 162 Å². The first-order chi connectivity index (χ1) is 12.6. The van der Waals surface area contributed by atoms with Gasteiger partial charge in [-0.1, -0.05) is 45.9 Å². The average Bonchev–Trinajstić information content (AvgIpc) is 2.63. The summed E-state index contributed by atoms with van der Waals surface area (Å²) < 4.78 is 2.27. The molecule has 2 aromatic carbocycles. The number of amides is 1. The van der Waals surface area contributed by atoms with E-state index in [2.05, 4.69) is 26.2 Å². The van der Waals surface area contributed by atoms with Crippen molar-refractivity contribution >= 4 is 50.2 Å². The van der Waals surface area contributed by atoms with E-state index in [9.17, 15) is 14.7 Å². The molecule has 0 fully saturated rings. The van der Waals surface area contributed by atoms with Crippen molar-refractivity contribution in [2.24, 2.45) is 0 Å². The number of carbonyl (C=O) groups excluding carboxylic acids is 1. The Morgan fingerprint density at radius 3 is 2.81 bits per heavy atom. The molecule has 1 aromatic heterocycles. The van der Waals surface area contributed by atoms with Gasteiger partial charge in [0, 0.05) is 10.2 Å². The zero-order valence-corrected chi connectivity index (χ0v) is 16.1. The number of carbonyl (C=O) groups is 1. The van der Waals surface area contributed by atoms with Gasteiger partial charge in [0.1, 0.15) is 0 Å². The van der Waals surface area contributed by atoms with Crippen LogP contribution in [0.3, 0.4) is 0 Å². The molecular weight excluding hydrogens is 418 g/mol. The largest absolute Gasteiger partial charge is 0.395 e. The number of fused-ring (bicyclic) bond motifs is 1. The number of nitrogens with one attached hydrogen (secondary N) is 1. The summed E-state index contributed by atoms with van der Waals surface area (Å²) in [4.78, 5) is 29.3. The smallest absolute Gasteiger partial charge is 0.262 e. The lowest BCUT2D eigenvalue weighted by molar-refractivity contribution is -0.113. The summed E-state index contributed by atoms with van der Waals surface area (Å²) >= 11 is 4.52. The van der Waals surface area contributed by atoms with E-state index in [1.807, 2.05) is 12.1 Å². The Morgan fingerprint density at radius 1 is 1.23 bits per heavy atom. The molecular formula is C18H16BrN3O3S. The third-order valence-electron chi connectivity index (χ3n) is 3.59. The highest BCUT2D eigenvalue weighted by molar-refractivity contribution is 9.10. The number of aliphatic hydroxyl groups excluding tert-OH is 1. The maximum absolute atomic E-state index is 12.6. The monoisotopic (exact) mass is 433 g/mol. The van der Waals surface area contributed by atoms with Crippen LogP contribution < -0.4 is 10.9 Å². The van der Waals surface area contributed by atoms with Gasteiger partial charge in [0.2, 0.25) is 5.91 Å². The Kier molecular flexibility index (Phi) is 6.08. The van der Waals surface area contributed by atoms with Crippen molar-refractivity contribution in [3.05, 3.63) is 63.4 Å². The number of hydrogen-bond acceptors (Lipinski definition) is 5. The van der Waals surface area contributed by atoms with E-state index in [-0.39, 0.29) is 30.4 Å². The van der Waals surface area contributed by atoms with Crippen LogP contribution in [0.2, 0.25) is 0 Å². The number of hydrogen-bond donors (Lipinski definition) is 2. The molecule has 3 rings (SSSR count). The van der Waals surface area contributed by atoms with Gasteiger partial charge in [0.15, 0.2) is 5.16 Å². The highest BCUT2D eigenvalue weighted by Crippen LogP contribution is 2.19. The van der Waals surface area contributed by atoms with Crippen LogP contribution in [-0.2, 0) is 11.3 Å². The first kappa shape index (κ1) is 18.6. The molecule has 0 bridgehead atoms. The van der Waals surface area contributed by atoms with Gasteiger partial charge in [-0.2, -0.15) is 0 Å². The Balaban J connectivity index is 1.80. The maximum Gasteiger partial charge on any atom is 0.262 e. The molecule has 0 spiro atoms. The van der Waals surface area contributed by atoms with Gasteiger partial charge >= 0.3 is 0 Å². The van der Waals surface area contributed by atoms with E-state index in [1.54, 1.807) is 36.4 Å². The van der Waals surface area contributed by atoms with Crippen LogP contribution in [0.1, 0.15) is 0 Å². The number of rotatable bonds is 6. The fraction of sp³-hybridized carbons (Fsp3) is 0.167. The van der Waals surface area contributed by atoms with Crippen LogP contribution in [0.25, 0.3) is 10.9 Å². The number of aromatic nitrogens is 2. The number of para-hydroxylation sites is 1. The van der Waals surface area contributed by atoms with Gasteiger partial charge < -0.3 is 10.4 Å². The molecule has 0 aliphatic carbocycles. The molecule has 2 N–H and O–H groups in total. The van der Waals surface area contributed by atoms with Crippen LogP contribution in [0.15, 0.2) is 63.0 Å². The molecule has 134 valence electrons. The van der Waals surface area contributed by atoms with Crippen molar-refractivity contribution in [3.8, 4) is 0 Å². The second-order valence-electron chi connectivity index (χ2n) is 5.44. The molecule has 0 atom stereocenters. The molecule has 0 saturated heterocycles. The van der Waals surface area contributed by atoms with E-state index in [0.29, 0.717) is 21.7 Å². The summed E-state index contributed by atoms with van der Waals surface area (Å²) in [5, 5.41) is 13.0. The summed E-state index contributed by atoms with van der Waals surface area (Å²) in [5.74, 6) is -0.103. The van der Waals surface area contributed by atoms with Crippen molar-refractivity contribution in [2.75, 3.05) is 17.7 Å². The molecule has 1 heterocycles. The Bertz CT molecular complexity index is 1010. The van der Waals surface area contributed by atoms with Crippen LogP contribution in [0, 0.1) is 0 Å². The lowest BCUT2D eigenvalue weighted by atomic mass is 10.2. The lowest BCUT2D eigenvalue weighted by Crippen LogP contribution is -2.25. The molecule has 3 aromatic rings. The fourth-order valence-electron chi connectivity index (χ4n) is 2.45. The number of thioether (sulfide) groups is 1. The van der Waals surface area contributed by atoms with E-state index < -0.39 is 0 Å². The highest BCUT2D eigenvalue weighted by atomic mass is 79.9. The van der Waals surface area contributed by atoms with Crippen LogP contribution in [0.5, 0.6) is 0 Å². The molecule has 26 heavy (non-hydrogen) atoms. The maximum atomic E-state index is 12.6. The topological polar surface area (TPSA) is 84.2 Å². The van der Waals surface area contributed by atoms with Crippen LogP contribution in [0.4, 0.5) is 5.69 Å². The SMILES string of the molecule is O=C(CSc1nc2ccccc2c(=O)n1CCO)Nc1cccc(Br)c1. The molecule has 0 aliphatic heterocycles. The highest BCUT2D eigenvalue weighted by Gasteiger charge is 2.13. The zero-order chi connectivity index (χ0) is 18.5. The number of benzene rings is 2. The second-order valence-corrected chi connectivity index (χ2v) is 7.30. The summed E-state index contributed by atoms with van der Waals surface area (Å²) in [5.41, 5.74) is 1.03. The van der Waals surface area contributed by atoms with Crippen LogP contribution >= 0.6 is 27.7 Å². The minimum atomic E-state index is -0.223. The van der Waals surface area contributed by atoms with Gasteiger partial charge in [0.05, 0.1) is 29.8 Å². The first-order valence-electron chi connectivity index (χ1n) is 7.87. The van der Waals surface area contributed by atoms with Gasteiger partial charge in [-0.3, -0.25) is 14.2 Å². The van der Waals surface area contributed by atoms with E-state index >= 15 is 0 Å². The Hall–Kier alpha value is -2.16. The summed E-state index contributed by atoms with van der Waals surface area (Å²) in [6.07, 6.45) is 0. The molecule has 0 unspecified atom stereocenters. The van der Waals surface area contributed by atoms with Crippen molar-refractivity contribution < 1.29 is 9.90 Å². The third kappa shape index (κ3) is 4.32. The van der Waals surface area contributed by atoms with Crippen LogP contribution in [-0.4, -0.2) is 32.9 Å². The normalized spacial score (nSPS) is 10.8. The zero-order valence-electron chi connectivity index (χ0n) is 13.7. The quantitative estimate of drug-likeness (QED) is 0.461. The fourth-order valence-corrected chi connectivity index (χ4v) is 3.67. The lowest BCUT2D eigenvalue weighted by Gasteiger charge is -2.12. The predicted octanol–water partition coefficient (Wildman–Crippen LogP) is 2.88. The number of nitrogens with zero attached hydrogens (tertiary/aromatic N) is 2. The number of halogens is 1. The van der Waals surface area contributed by atoms with Crippen molar-refractivity contribution in [1.29, 1.82) is 0 Å². The second kappa shape index (κ2) is 8.48. The van der Waals surface area contributed by atoms with E-state index in [1.165, 1.54) is 4.57 Å². The number of anilines is 1. The van der Waals surface area contributed by atoms with Gasteiger partial charge in [-0.15, -0.1) is 0 Å². The predicted molar refractivity (Wildman–Crippen MR) is 107 cm³/mol. The molecule has 6 nitrogen and oxygen atoms in total. The third-order valence-corrected chi connectivity index (χ3v) is 5.06. The molecule has 0 radical (unpaired) electrons. The summed E-state index contributed by atoms with van der Waals surface area (Å²) in [6, 6.07) is 14.3. The minimum Gasteiger partial charge on any atom is -0.395 e. The standard InChI is InChI=1S/C18H16BrN3O3S/c19-12-4-3-5-13(10-12)20-16(24)11-26-18-21-15-7-2-1-6-14(15)17(25)22(18)8-9-23/h1-7,10,23H,8-9,11H2,(H,20,24). The van der Waals surface area contributed by atoms with Crippen molar-refractivity contribution in [2.45, 2.75) is 11.7 Å². The number of aliphatic hydroxyl groups is 1.